The first kappa shape index (κ1) is 21.6. The third-order valence-corrected chi connectivity index (χ3v) is 5.22. The quantitative estimate of drug-likeness (QED) is 0.418. The van der Waals surface area contributed by atoms with Crippen molar-refractivity contribution in [3.63, 3.8) is 0 Å². The van der Waals surface area contributed by atoms with E-state index in [0.717, 1.165) is 10.9 Å². The number of benzene rings is 1. The van der Waals surface area contributed by atoms with Crippen molar-refractivity contribution in [2.24, 2.45) is 0 Å². The van der Waals surface area contributed by atoms with Crippen molar-refractivity contribution < 1.29 is 14.7 Å². The molecule has 0 radical (unpaired) electrons. The molecule has 3 aromatic heterocycles. The Morgan fingerprint density at radius 2 is 1.88 bits per heavy atom. The zero-order valence-corrected chi connectivity index (χ0v) is 18.0. The van der Waals surface area contributed by atoms with Gasteiger partial charge in [0.05, 0.1) is 19.1 Å². The fourth-order valence-corrected chi connectivity index (χ4v) is 3.32. The molecule has 0 aliphatic heterocycles. The molecule has 0 bridgehead atoms. The summed E-state index contributed by atoms with van der Waals surface area (Å²) in [6.45, 7) is 1.80. The molecule has 4 aromatic rings. The molecule has 2 N–H and O–H groups in total. The highest BCUT2D eigenvalue weighted by atomic mass is 35.5. The van der Waals surface area contributed by atoms with Crippen LogP contribution in [0.4, 0.5) is 5.82 Å². The minimum atomic E-state index is -0.386. The number of fused-ring (bicyclic) bond motifs is 1. The molecule has 8 nitrogen and oxygen atoms in total. The number of aliphatic hydroxyl groups excluding tert-OH is 1. The second-order valence-electron chi connectivity index (χ2n) is 7.34. The zero-order valence-electron chi connectivity index (χ0n) is 17.2. The summed E-state index contributed by atoms with van der Waals surface area (Å²) in [5.41, 5.74) is 1.70. The van der Waals surface area contributed by atoms with Gasteiger partial charge in [-0.25, -0.2) is 15.0 Å². The lowest BCUT2D eigenvalue weighted by molar-refractivity contribution is -0.115. The maximum Gasteiger partial charge on any atom is 0.231 e. The van der Waals surface area contributed by atoms with Crippen LogP contribution in [0.5, 0.6) is 0 Å². The Hall–Kier alpha value is -3.62. The fraction of sp³-hybridized carbons (Fsp3) is 0.174. The highest BCUT2D eigenvalue weighted by Crippen LogP contribution is 2.19. The van der Waals surface area contributed by atoms with Crippen LogP contribution in [0.15, 0.2) is 61.1 Å². The highest BCUT2D eigenvalue weighted by Gasteiger charge is 2.16. The molecule has 32 heavy (non-hydrogen) atoms. The lowest BCUT2D eigenvalue weighted by Gasteiger charge is -2.11. The molecule has 0 aliphatic carbocycles. The van der Waals surface area contributed by atoms with Crippen LogP contribution in [-0.2, 0) is 11.2 Å². The van der Waals surface area contributed by atoms with Crippen LogP contribution in [0.1, 0.15) is 34.7 Å². The Morgan fingerprint density at radius 1 is 1.09 bits per heavy atom. The number of aliphatic hydroxyl groups is 1. The molecule has 162 valence electrons. The van der Waals surface area contributed by atoms with Gasteiger partial charge in [0.25, 0.3) is 0 Å². The summed E-state index contributed by atoms with van der Waals surface area (Å²) < 4.78 is 1.80. The van der Waals surface area contributed by atoms with E-state index in [1.54, 1.807) is 53.4 Å². The van der Waals surface area contributed by atoms with Crippen LogP contribution in [0.25, 0.3) is 11.0 Å². The predicted octanol–water partition coefficient (Wildman–Crippen LogP) is 3.45. The number of anilines is 1. The molecule has 1 aromatic carbocycles. The molecule has 0 unspecified atom stereocenters. The summed E-state index contributed by atoms with van der Waals surface area (Å²) in [7, 11) is 0. The SMILES string of the molecule is C[C@@H](CO)n1ccc2cnc(C(=O)c3ccc(NC(=O)Cc4ccc(Cl)cc4)nc3)nc21. The van der Waals surface area contributed by atoms with Crippen molar-refractivity contribution in [1.82, 2.24) is 19.5 Å². The molecule has 3 heterocycles. The number of ketones is 1. The second-order valence-corrected chi connectivity index (χ2v) is 7.78. The van der Waals surface area contributed by atoms with Crippen molar-refractivity contribution in [2.45, 2.75) is 19.4 Å². The average Bonchev–Trinajstić information content (AvgIpc) is 3.23. The average molecular weight is 450 g/mol. The first-order valence-electron chi connectivity index (χ1n) is 9.94. The molecule has 4 rings (SSSR count). The Labute approximate surface area is 188 Å². The number of nitrogens with zero attached hydrogens (tertiary/aromatic N) is 4. The van der Waals surface area contributed by atoms with Gasteiger partial charge in [0.1, 0.15) is 11.5 Å². The monoisotopic (exact) mass is 449 g/mol. The van der Waals surface area contributed by atoms with Gasteiger partial charge in [0, 0.05) is 34.6 Å². The van der Waals surface area contributed by atoms with E-state index in [2.05, 4.69) is 20.3 Å². The summed E-state index contributed by atoms with van der Waals surface area (Å²) >= 11 is 5.86. The van der Waals surface area contributed by atoms with Gasteiger partial charge in [-0.05, 0) is 42.8 Å². The predicted molar refractivity (Wildman–Crippen MR) is 121 cm³/mol. The summed E-state index contributed by atoms with van der Waals surface area (Å²) in [5.74, 6) is -0.249. The summed E-state index contributed by atoms with van der Waals surface area (Å²) in [6, 6.07) is 11.8. The van der Waals surface area contributed by atoms with Crippen molar-refractivity contribution in [2.75, 3.05) is 11.9 Å². The number of amides is 1. The standard InChI is InChI=1S/C23H20ClN5O3/c1-14(13-30)29-9-8-17-12-26-22(28-23(17)29)21(32)16-4-7-19(25-11-16)27-20(31)10-15-2-5-18(24)6-3-15/h2-9,11-12,14,30H,10,13H2,1H3,(H,25,27,31)/t14-/m0/s1. The largest absolute Gasteiger partial charge is 0.394 e. The molecule has 9 heteroatoms. The zero-order chi connectivity index (χ0) is 22.7. The smallest absolute Gasteiger partial charge is 0.231 e. The van der Waals surface area contributed by atoms with Crippen LogP contribution < -0.4 is 5.32 Å². The molecule has 1 atom stereocenters. The Bertz CT molecular complexity index is 1270. The lowest BCUT2D eigenvalue weighted by atomic mass is 10.1. The van der Waals surface area contributed by atoms with Crippen LogP contribution in [-0.4, -0.2) is 42.9 Å². The second kappa shape index (κ2) is 9.25. The third kappa shape index (κ3) is 4.66. The van der Waals surface area contributed by atoms with Crippen molar-refractivity contribution in [1.29, 1.82) is 0 Å². The molecular weight excluding hydrogens is 430 g/mol. The minimum absolute atomic E-state index is 0.0314. The third-order valence-electron chi connectivity index (χ3n) is 4.97. The van der Waals surface area contributed by atoms with Crippen molar-refractivity contribution in [3.8, 4) is 0 Å². The number of halogens is 1. The number of aromatic nitrogens is 4. The van der Waals surface area contributed by atoms with Gasteiger partial charge in [-0.3, -0.25) is 9.59 Å². The first-order chi connectivity index (χ1) is 15.4. The van der Waals surface area contributed by atoms with Crippen LogP contribution in [0.3, 0.4) is 0 Å². The summed E-state index contributed by atoms with van der Waals surface area (Å²) in [5, 5.41) is 13.5. The van der Waals surface area contributed by atoms with Gasteiger partial charge in [0.15, 0.2) is 0 Å². The first-order valence-corrected chi connectivity index (χ1v) is 10.3. The Kier molecular flexibility index (Phi) is 6.25. The number of carbonyl (C=O) groups excluding carboxylic acids is 2. The number of nitrogens with one attached hydrogen (secondary N) is 1. The number of carbonyl (C=O) groups is 2. The van der Waals surface area contributed by atoms with Gasteiger partial charge in [-0.1, -0.05) is 23.7 Å². The van der Waals surface area contributed by atoms with E-state index in [0.29, 0.717) is 22.1 Å². The van der Waals surface area contributed by atoms with Gasteiger partial charge in [-0.2, -0.15) is 0 Å². The van der Waals surface area contributed by atoms with Crippen molar-refractivity contribution in [3.05, 3.63) is 83.0 Å². The fourth-order valence-electron chi connectivity index (χ4n) is 3.20. The maximum absolute atomic E-state index is 12.8. The number of rotatable bonds is 7. The van der Waals surface area contributed by atoms with E-state index in [1.807, 2.05) is 13.0 Å². The van der Waals surface area contributed by atoms with Gasteiger partial charge in [-0.15, -0.1) is 0 Å². The number of pyridine rings is 1. The number of hydrogen-bond acceptors (Lipinski definition) is 6. The van der Waals surface area contributed by atoms with E-state index >= 15 is 0 Å². The Morgan fingerprint density at radius 3 is 2.56 bits per heavy atom. The molecule has 0 saturated heterocycles. The molecule has 0 spiro atoms. The van der Waals surface area contributed by atoms with Gasteiger partial charge < -0.3 is 15.0 Å². The molecule has 0 aliphatic rings. The van der Waals surface area contributed by atoms with Crippen LogP contribution in [0.2, 0.25) is 5.02 Å². The van der Waals surface area contributed by atoms with E-state index < -0.39 is 0 Å². The van der Waals surface area contributed by atoms with Crippen LogP contribution in [0, 0.1) is 0 Å². The van der Waals surface area contributed by atoms with E-state index in [-0.39, 0.29) is 36.6 Å². The maximum atomic E-state index is 12.8. The van der Waals surface area contributed by atoms with Crippen LogP contribution >= 0.6 is 11.6 Å². The van der Waals surface area contributed by atoms with E-state index in [4.69, 9.17) is 11.6 Å². The van der Waals surface area contributed by atoms with E-state index in [9.17, 15) is 14.7 Å². The molecule has 1 amide bonds. The summed E-state index contributed by atoms with van der Waals surface area (Å²) in [6.07, 6.45) is 4.94. The minimum Gasteiger partial charge on any atom is -0.394 e. The van der Waals surface area contributed by atoms with Gasteiger partial charge in [0.2, 0.25) is 17.5 Å². The van der Waals surface area contributed by atoms with Gasteiger partial charge >= 0.3 is 0 Å². The van der Waals surface area contributed by atoms with Crippen molar-refractivity contribution >= 4 is 40.1 Å². The summed E-state index contributed by atoms with van der Waals surface area (Å²) in [4.78, 5) is 37.8. The topological polar surface area (TPSA) is 110 Å². The highest BCUT2D eigenvalue weighted by molar-refractivity contribution is 6.30. The normalized spacial score (nSPS) is 12.0. The Balaban J connectivity index is 1.47. The van der Waals surface area contributed by atoms with E-state index in [1.165, 1.54) is 6.20 Å². The molecule has 0 saturated carbocycles. The molecular formula is C23H20ClN5O3. The number of hydrogen-bond donors (Lipinski definition) is 2. The lowest BCUT2D eigenvalue weighted by Crippen LogP contribution is -2.16. The molecule has 0 fully saturated rings.